The molecule has 4 rings (SSSR count). The van der Waals surface area contributed by atoms with Gasteiger partial charge in [0.15, 0.2) is 5.65 Å². The molecule has 27 heavy (non-hydrogen) atoms. The highest BCUT2D eigenvalue weighted by Crippen LogP contribution is 2.42. The van der Waals surface area contributed by atoms with Gasteiger partial charge in [-0.25, -0.2) is 9.37 Å². The highest BCUT2D eigenvalue weighted by molar-refractivity contribution is 7.80. The van der Waals surface area contributed by atoms with Crippen LogP contribution in [-0.2, 0) is 0 Å². The number of piperidine rings is 1. The molecule has 4 nitrogen and oxygen atoms in total. The number of thiol groups is 1. The van der Waals surface area contributed by atoms with Crippen molar-refractivity contribution in [2.24, 2.45) is 5.92 Å². The average Bonchev–Trinajstić information content (AvgIpc) is 2.90. The van der Waals surface area contributed by atoms with E-state index in [9.17, 15) is 4.39 Å². The number of benzene rings is 1. The van der Waals surface area contributed by atoms with E-state index >= 15 is 0 Å². The second kappa shape index (κ2) is 7.15. The highest BCUT2D eigenvalue weighted by Gasteiger charge is 2.27. The van der Waals surface area contributed by atoms with E-state index in [-0.39, 0.29) is 0 Å². The lowest BCUT2D eigenvalue weighted by Crippen LogP contribution is -2.34. The molecule has 1 aliphatic rings. The van der Waals surface area contributed by atoms with Crippen LogP contribution in [0.2, 0.25) is 10.2 Å². The van der Waals surface area contributed by atoms with Crippen molar-refractivity contribution in [3.63, 3.8) is 0 Å². The van der Waals surface area contributed by atoms with Crippen LogP contribution in [0.25, 0.3) is 16.8 Å². The van der Waals surface area contributed by atoms with Crippen molar-refractivity contribution in [2.75, 3.05) is 18.0 Å². The second-order valence-electron chi connectivity index (χ2n) is 7.08. The summed E-state index contributed by atoms with van der Waals surface area (Å²) in [5.74, 6) is 1.11. The van der Waals surface area contributed by atoms with E-state index in [0.29, 0.717) is 37.9 Å². The molecule has 0 bridgehead atoms. The summed E-state index contributed by atoms with van der Waals surface area (Å²) in [5.41, 5.74) is 2.84. The van der Waals surface area contributed by atoms with Crippen LogP contribution in [0.15, 0.2) is 23.2 Å². The fourth-order valence-corrected chi connectivity index (χ4v) is 4.26. The Balaban J connectivity index is 2.02. The maximum atomic E-state index is 13.6. The Bertz CT molecular complexity index is 1030. The van der Waals surface area contributed by atoms with Gasteiger partial charge in [0, 0.05) is 24.2 Å². The Morgan fingerprint density at radius 3 is 2.59 bits per heavy atom. The molecule has 0 unspecified atom stereocenters. The Kier molecular flexibility index (Phi) is 4.99. The van der Waals surface area contributed by atoms with E-state index < -0.39 is 5.82 Å². The number of aryl methyl sites for hydroxylation is 1. The van der Waals surface area contributed by atoms with Crippen LogP contribution in [-0.4, -0.2) is 27.7 Å². The molecule has 0 atom stereocenters. The normalized spacial score (nSPS) is 15.7. The first-order valence-electron chi connectivity index (χ1n) is 8.85. The molecule has 0 spiro atoms. The van der Waals surface area contributed by atoms with Gasteiger partial charge in [-0.05, 0) is 43.9 Å². The summed E-state index contributed by atoms with van der Waals surface area (Å²) in [4.78, 5) is 6.80. The van der Waals surface area contributed by atoms with Crippen molar-refractivity contribution in [1.82, 2.24) is 14.6 Å². The van der Waals surface area contributed by atoms with Crippen LogP contribution in [0, 0.1) is 18.7 Å². The Hall–Kier alpha value is -1.50. The fraction of sp³-hybridized carbons (Fsp3) is 0.368. The van der Waals surface area contributed by atoms with Crippen LogP contribution in [0.4, 0.5) is 10.2 Å². The van der Waals surface area contributed by atoms with Gasteiger partial charge in [-0.1, -0.05) is 30.1 Å². The summed E-state index contributed by atoms with van der Waals surface area (Å²) in [7, 11) is 0. The molecule has 8 heteroatoms. The molecule has 1 aromatic carbocycles. The minimum absolute atomic E-state index is 0.291. The second-order valence-corrected chi connectivity index (χ2v) is 8.27. The van der Waals surface area contributed by atoms with Gasteiger partial charge in [-0.15, -0.1) is 12.6 Å². The molecule has 0 radical (unpaired) electrons. The summed E-state index contributed by atoms with van der Waals surface area (Å²) in [6, 6.07) is 4.31. The van der Waals surface area contributed by atoms with Crippen molar-refractivity contribution in [3.05, 3.63) is 39.8 Å². The zero-order valence-electron chi connectivity index (χ0n) is 15.0. The maximum Gasteiger partial charge on any atom is 0.163 e. The lowest BCUT2D eigenvalue weighted by molar-refractivity contribution is 0.435. The van der Waals surface area contributed by atoms with E-state index in [1.165, 1.54) is 12.1 Å². The number of hydrogen-bond donors (Lipinski definition) is 1. The van der Waals surface area contributed by atoms with Crippen LogP contribution < -0.4 is 4.90 Å². The average molecular weight is 425 g/mol. The molecule has 1 fully saturated rings. The van der Waals surface area contributed by atoms with Crippen LogP contribution in [0.3, 0.4) is 0 Å². The SMILES string of the molecule is Cc1c(S)nn2c(N3CCC(C)CC3)c(-c3ccc(F)cc3Cl)c(Cl)nc12. The smallest absolute Gasteiger partial charge is 0.163 e. The topological polar surface area (TPSA) is 33.4 Å². The fourth-order valence-electron chi connectivity index (χ4n) is 3.54. The number of nitrogens with zero attached hydrogens (tertiary/aromatic N) is 4. The Morgan fingerprint density at radius 2 is 1.93 bits per heavy atom. The van der Waals surface area contributed by atoms with Crippen molar-refractivity contribution < 1.29 is 4.39 Å². The monoisotopic (exact) mass is 424 g/mol. The van der Waals surface area contributed by atoms with Crippen LogP contribution in [0.1, 0.15) is 25.3 Å². The molecule has 0 aliphatic carbocycles. The zero-order chi connectivity index (χ0) is 19.3. The third-order valence-electron chi connectivity index (χ3n) is 5.18. The molecule has 3 heterocycles. The van der Waals surface area contributed by atoms with Gasteiger partial charge in [-0.2, -0.15) is 9.61 Å². The predicted molar refractivity (Wildman–Crippen MR) is 111 cm³/mol. The van der Waals surface area contributed by atoms with Gasteiger partial charge in [0.2, 0.25) is 0 Å². The van der Waals surface area contributed by atoms with Gasteiger partial charge in [0.25, 0.3) is 0 Å². The summed E-state index contributed by atoms with van der Waals surface area (Å²) in [6.45, 7) is 5.93. The number of fused-ring (bicyclic) bond motifs is 1. The van der Waals surface area contributed by atoms with Gasteiger partial charge >= 0.3 is 0 Å². The number of hydrogen-bond acceptors (Lipinski definition) is 4. The number of rotatable bonds is 2. The standard InChI is InChI=1S/C19H19Cl2FN4S/c1-10-5-7-25(8-6-10)19-15(13-4-3-12(22)9-14(13)20)16(21)23-17-11(2)18(27)24-26(17)19/h3-4,9-10H,5-8H2,1-2H3,(H,24,27). The quantitative estimate of drug-likeness (QED) is 0.424. The van der Waals surface area contributed by atoms with Gasteiger partial charge in [-0.3, -0.25) is 0 Å². The van der Waals surface area contributed by atoms with Gasteiger partial charge < -0.3 is 4.90 Å². The lowest BCUT2D eigenvalue weighted by Gasteiger charge is -2.33. The summed E-state index contributed by atoms with van der Waals surface area (Å²) < 4.78 is 15.4. The first-order chi connectivity index (χ1) is 12.9. The van der Waals surface area contributed by atoms with Gasteiger partial charge in [0.05, 0.1) is 10.6 Å². The molecule has 0 N–H and O–H groups in total. The third-order valence-corrected chi connectivity index (χ3v) is 6.20. The van der Waals surface area contributed by atoms with E-state index in [4.69, 9.17) is 23.2 Å². The Morgan fingerprint density at radius 1 is 1.22 bits per heavy atom. The largest absolute Gasteiger partial charge is 0.356 e. The van der Waals surface area contributed by atoms with Crippen molar-refractivity contribution in [1.29, 1.82) is 0 Å². The van der Waals surface area contributed by atoms with Crippen LogP contribution in [0.5, 0.6) is 0 Å². The Labute approximate surface area is 172 Å². The highest BCUT2D eigenvalue weighted by atomic mass is 35.5. The summed E-state index contributed by atoms with van der Waals surface area (Å²) in [6.07, 6.45) is 2.15. The summed E-state index contributed by atoms with van der Waals surface area (Å²) >= 11 is 17.5. The number of anilines is 1. The molecule has 3 aromatic rings. The maximum absolute atomic E-state index is 13.6. The van der Waals surface area contributed by atoms with E-state index in [2.05, 4.69) is 34.5 Å². The van der Waals surface area contributed by atoms with Crippen molar-refractivity contribution in [3.8, 4) is 11.1 Å². The molecule has 0 saturated carbocycles. The minimum Gasteiger partial charge on any atom is -0.356 e. The van der Waals surface area contributed by atoms with Crippen LogP contribution >= 0.6 is 35.8 Å². The van der Waals surface area contributed by atoms with Gasteiger partial charge in [0.1, 0.15) is 21.8 Å². The number of aromatic nitrogens is 3. The third kappa shape index (κ3) is 3.28. The first kappa shape index (κ1) is 18.8. The van der Waals surface area contributed by atoms with E-state index in [0.717, 1.165) is 37.3 Å². The molecule has 2 aromatic heterocycles. The number of halogens is 3. The summed E-state index contributed by atoms with van der Waals surface area (Å²) in [5, 5.41) is 5.80. The van der Waals surface area contributed by atoms with E-state index in [1.54, 1.807) is 10.6 Å². The molecular weight excluding hydrogens is 406 g/mol. The van der Waals surface area contributed by atoms with Crippen molar-refractivity contribution in [2.45, 2.75) is 31.7 Å². The lowest BCUT2D eigenvalue weighted by atomic mass is 9.98. The van der Waals surface area contributed by atoms with E-state index in [1.807, 2.05) is 6.92 Å². The molecule has 1 aliphatic heterocycles. The zero-order valence-corrected chi connectivity index (χ0v) is 17.4. The van der Waals surface area contributed by atoms with Crippen molar-refractivity contribution >= 4 is 47.3 Å². The predicted octanol–water partition coefficient (Wildman–Crippen LogP) is 5.68. The minimum atomic E-state index is -0.394. The molecular formula is C19H19Cl2FN4S. The molecule has 142 valence electrons. The molecule has 0 amide bonds. The molecule has 1 saturated heterocycles. The first-order valence-corrected chi connectivity index (χ1v) is 10.0.